The fourth-order valence-electron chi connectivity index (χ4n) is 3.86. The van der Waals surface area contributed by atoms with E-state index in [1.165, 1.54) is 6.07 Å². The molecule has 0 bridgehead atoms. The van der Waals surface area contributed by atoms with Crippen molar-refractivity contribution in [1.82, 2.24) is 15.8 Å². The number of rotatable bonds is 8. The monoisotopic (exact) mass is 459 g/mol. The summed E-state index contributed by atoms with van der Waals surface area (Å²) in [6.45, 7) is 0.0966. The number of terminal acetylenes is 1. The molecule has 1 heterocycles. The quantitative estimate of drug-likeness (QED) is 0.442. The predicted octanol–water partition coefficient (Wildman–Crippen LogP) is 2.92. The van der Waals surface area contributed by atoms with Crippen molar-refractivity contribution in [2.45, 2.75) is 24.9 Å². The molecule has 4 rings (SSSR count). The molecule has 1 unspecified atom stereocenters. The van der Waals surface area contributed by atoms with Crippen LogP contribution in [0.15, 0.2) is 59.1 Å². The third-order valence-corrected chi connectivity index (χ3v) is 5.47. The number of hydrogen-bond acceptors (Lipinski definition) is 6. The summed E-state index contributed by atoms with van der Waals surface area (Å²) in [6.07, 6.45) is 4.29. The SMILES string of the molecule is C#CCC(NC(=O)c1cc(CNC(=O)OCC2c3ccccc3-c3ccccc32)on1)C(=O)O. The van der Waals surface area contributed by atoms with E-state index in [2.05, 4.69) is 33.8 Å². The van der Waals surface area contributed by atoms with Crippen LogP contribution in [0.25, 0.3) is 11.1 Å². The lowest BCUT2D eigenvalue weighted by molar-refractivity contribution is -0.139. The molecule has 34 heavy (non-hydrogen) atoms. The van der Waals surface area contributed by atoms with E-state index in [1.807, 2.05) is 36.4 Å². The average Bonchev–Trinajstić information content (AvgIpc) is 3.44. The van der Waals surface area contributed by atoms with Crippen molar-refractivity contribution in [2.75, 3.05) is 6.61 Å². The van der Waals surface area contributed by atoms with E-state index in [0.717, 1.165) is 22.3 Å². The van der Waals surface area contributed by atoms with Crippen LogP contribution >= 0.6 is 0 Å². The molecule has 0 saturated heterocycles. The standard InChI is InChI=1S/C25H21N3O6/c1-2-7-21(24(30)31)27-23(29)22-12-15(34-28-22)13-26-25(32)33-14-20-18-10-5-3-8-16(18)17-9-4-6-11-19(17)20/h1,3-6,8-12,20-21H,7,13-14H2,(H,26,32)(H,27,29)(H,30,31). The molecule has 0 spiro atoms. The Morgan fingerprint density at radius 1 is 1.12 bits per heavy atom. The molecule has 9 nitrogen and oxygen atoms in total. The highest BCUT2D eigenvalue weighted by atomic mass is 16.5. The van der Waals surface area contributed by atoms with Gasteiger partial charge in [0, 0.05) is 18.4 Å². The van der Waals surface area contributed by atoms with E-state index in [1.54, 1.807) is 0 Å². The van der Waals surface area contributed by atoms with Crippen LogP contribution in [-0.2, 0) is 16.1 Å². The van der Waals surface area contributed by atoms with E-state index in [4.69, 9.17) is 20.8 Å². The number of carboxylic acids is 1. The van der Waals surface area contributed by atoms with Crippen LogP contribution in [0.3, 0.4) is 0 Å². The molecule has 1 atom stereocenters. The molecule has 0 fully saturated rings. The number of fused-ring (bicyclic) bond motifs is 3. The van der Waals surface area contributed by atoms with Crippen molar-refractivity contribution in [3.05, 3.63) is 77.2 Å². The number of alkyl carbamates (subject to hydrolysis) is 1. The topological polar surface area (TPSA) is 131 Å². The molecule has 2 amide bonds. The molecule has 0 aliphatic heterocycles. The number of hydrogen-bond donors (Lipinski definition) is 3. The van der Waals surface area contributed by atoms with Gasteiger partial charge in [-0.3, -0.25) is 4.79 Å². The summed E-state index contributed by atoms with van der Waals surface area (Å²) < 4.78 is 10.5. The maximum atomic E-state index is 12.3. The summed E-state index contributed by atoms with van der Waals surface area (Å²) in [4.78, 5) is 35.5. The molecule has 2 aromatic carbocycles. The van der Waals surface area contributed by atoms with E-state index in [9.17, 15) is 14.4 Å². The zero-order valence-electron chi connectivity index (χ0n) is 18.0. The highest BCUT2D eigenvalue weighted by Gasteiger charge is 2.29. The number of nitrogens with one attached hydrogen (secondary N) is 2. The Bertz CT molecular complexity index is 1230. The molecule has 172 valence electrons. The first-order valence-electron chi connectivity index (χ1n) is 10.5. The van der Waals surface area contributed by atoms with Crippen LogP contribution in [0.4, 0.5) is 4.79 Å². The van der Waals surface area contributed by atoms with Crippen LogP contribution in [0.1, 0.15) is 39.7 Å². The maximum absolute atomic E-state index is 12.3. The van der Waals surface area contributed by atoms with Gasteiger partial charge in [-0.1, -0.05) is 53.7 Å². The smallest absolute Gasteiger partial charge is 0.407 e. The van der Waals surface area contributed by atoms with Gasteiger partial charge in [0.1, 0.15) is 12.6 Å². The Hall–Kier alpha value is -4.58. The summed E-state index contributed by atoms with van der Waals surface area (Å²) in [7, 11) is 0. The van der Waals surface area contributed by atoms with Crippen molar-refractivity contribution < 1.29 is 28.8 Å². The molecule has 0 saturated carbocycles. The van der Waals surface area contributed by atoms with Crippen LogP contribution < -0.4 is 10.6 Å². The first kappa shape index (κ1) is 22.6. The van der Waals surface area contributed by atoms with Gasteiger partial charge in [0.2, 0.25) is 0 Å². The van der Waals surface area contributed by atoms with Crippen molar-refractivity contribution in [2.24, 2.45) is 0 Å². The first-order valence-corrected chi connectivity index (χ1v) is 10.5. The second kappa shape index (κ2) is 9.92. The molecule has 9 heteroatoms. The minimum Gasteiger partial charge on any atom is -0.480 e. The minimum atomic E-state index is -1.26. The van der Waals surface area contributed by atoms with Gasteiger partial charge in [0.15, 0.2) is 11.5 Å². The van der Waals surface area contributed by atoms with E-state index in [-0.39, 0.29) is 36.9 Å². The number of aromatic nitrogens is 1. The van der Waals surface area contributed by atoms with Crippen molar-refractivity contribution in [3.8, 4) is 23.5 Å². The highest BCUT2D eigenvalue weighted by molar-refractivity contribution is 5.95. The van der Waals surface area contributed by atoms with Gasteiger partial charge in [-0.2, -0.15) is 0 Å². The molecule has 3 N–H and O–H groups in total. The molecule has 3 aromatic rings. The Morgan fingerprint density at radius 3 is 2.38 bits per heavy atom. The van der Waals surface area contributed by atoms with Crippen molar-refractivity contribution in [3.63, 3.8) is 0 Å². The first-order chi connectivity index (χ1) is 16.5. The normalized spacial score (nSPS) is 12.7. The van der Waals surface area contributed by atoms with Gasteiger partial charge < -0.3 is 25.0 Å². The van der Waals surface area contributed by atoms with E-state index in [0.29, 0.717) is 0 Å². The molecule has 1 aliphatic rings. The molecule has 1 aromatic heterocycles. The third-order valence-electron chi connectivity index (χ3n) is 5.47. The second-order valence-corrected chi connectivity index (χ2v) is 7.63. The number of nitrogens with zero attached hydrogens (tertiary/aromatic N) is 1. The molecule has 1 aliphatic carbocycles. The lowest BCUT2D eigenvalue weighted by Crippen LogP contribution is -2.40. The summed E-state index contributed by atoms with van der Waals surface area (Å²) in [5.41, 5.74) is 4.34. The summed E-state index contributed by atoms with van der Waals surface area (Å²) >= 11 is 0. The van der Waals surface area contributed by atoms with Gasteiger partial charge in [0.25, 0.3) is 5.91 Å². The summed E-state index contributed by atoms with van der Waals surface area (Å²) in [6, 6.07) is 16.1. The zero-order chi connectivity index (χ0) is 24.1. The number of carbonyl (C=O) groups excluding carboxylic acids is 2. The lowest BCUT2D eigenvalue weighted by Gasteiger charge is -2.14. The molecular weight excluding hydrogens is 438 g/mol. The number of carbonyl (C=O) groups is 3. The largest absolute Gasteiger partial charge is 0.480 e. The predicted molar refractivity (Wildman–Crippen MR) is 121 cm³/mol. The Balaban J connectivity index is 1.31. The van der Waals surface area contributed by atoms with Crippen LogP contribution in [0.5, 0.6) is 0 Å². The van der Waals surface area contributed by atoms with Gasteiger partial charge >= 0.3 is 12.1 Å². The lowest BCUT2D eigenvalue weighted by atomic mass is 9.98. The van der Waals surface area contributed by atoms with Gasteiger partial charge in [-0.05, 0) is 22.3 Å². The minimum absolute atomic E-state index is 0.0658. The number of amides is 2. The third kappa shape index (κ3) is 4.76. The molecule has 0 radical (unpaired) electrons. The van der Waals surface area contributed by atoms with E-state index < -0.39 is 24.0 Å². The Labute approximate surface area is 195 Å². The summed E-state index contributed by atoms with van der Waals surface area (Å²) in [5, 5.41) is 17.5. The molecular formula is C25H21N3O6. The second-order valence-electron chi connectivity index (χ2n) is 7.63. The number of benzene rings is 2. The van der Waals surface area contributed by atoms with Gasteiger partial charge in [-0.15, -0.1) is 12.3 Å². The number of ether oxygens (including phenoxy) is 1. The van der Waals surface area contributed by atoms with Crippen molar-refractivity contribution >= 4 is 18.0 Å². The fourth-order valence-corrected chi connectivity index (χ4v) is 3.86. The summed E-state index contributed by atoms with van der Waals surface area (Å²) in [5.74, 6) is 0.309. The van der Waals surface area contributed by atoms with Gasteiger partial charge in [0.05, 0.1) is 6.54 Å². The number of aliphatic carboxylic acids is 1. The van der Waals surface area contributed by atoms with Gasteiger partial charge in [-0.25, -0.2) is 9.59 Å². The van der Waals surface area contributed by atoms with Crippen molar-refractivity contribution in [1.29, 1.82) is 0 Å². The fraction of sp³-hybridized carbons (Fsp3) is 0.200. The Kier molecular flexibility index (Phi) is 6.59. The van der Waals surface area contributed by atoms with Crippen LogP contribution in [-0.4, -0.2) is 40.9 Å². The van der Waals surface area contributed by atoms with E-state index >= 15 is 0 Å². The van der Waals surface area contributed by atoms with Crippen LogP contribution in [0.2, 0.25) is 0 Å². The average molecular weight is 459 g/mol. The number of carboxylic acid groups (broad SMARTS) is 1. The zero-order valence-corrected chi connectivity index (χ0v) is 18.0. The Morgan fingerprint density at radius 2 is 1.76 bits per heavy atom. The van der Waals surface area contributed by atoms with Crippen LogP contribution in [0, 0.1) is 12.3 Å². The maximum Gasteiger partial charge on any atom is 0.407 e. The highest BCUT2D eigenvalue weighted by Crippen LogP contribution is 2.44.